The Morgan fingerprint density at radius 1 is 0.931 bits per heavy atom. The van der Waals surface area contributed by atoms with Gasteiger partial charge in [-0.25, -0.2) is 0 Å². The molecule has 0 radical (unpaired) electrons. The minimum Gasteiger partial charge on any atom is -0.325 e. The second kappa shape index (κ2) is 8.50. The second-order valence-electron chi connectivity index (χ2n) is 7.06. The summed E-state index contributed by atoms with van der Waals surface area (Å²) in [4.78, 5) is 26.9. The molecule has 146 valence electrons. The summed E-state index contributed by atoms with van der Waals surface area (Å²) in [5, 5.41) is 3.43. The average molecular weight is 405 g/mol. The molecule has 1 aliphatic rings. The number of anilines is 2. The Morgan fingerprint density at radius 3 is 2.07 bits per heavy atom. The molecule has 29 heavy (non-hydrogen) atoms. The topological polar surface area (TPSA) is 49.4 Å². The summed E-state index contributed by atoms with van der Waals surface area (Å²) in [5.41, 5.74) is 3.13. The lowest BCUT2D eigenvalue weighted by Gasteiger charge is -2.20. The third kappa shape index (κ3) is 4.17. The van der Waals surface area contributed by atoms with E-state index in [4.69, 9.17) is 11.6 Å². The highest BCUT2D eigenvalue weighted by Gasteiger charge is 2.25. The van der Waals surface area contributed by atoms with Crippen LogP contribution in [0.15, 0.2) is 78.9 Å². The molecular weight excluding hydrogens is 384 g/mol. The molecule has 0 unspecified atom stereocenters. The van der Waals surface area contributed by atoms with Crippen LogP contribution in [-0.2, 0) is 9.59 Å². The van der Waals surface area contributed by atoms with Gasteiger partial charge in [-0.05, 0) is 35.7 Å². The van der Waals surface area contributed by atoms with E-state index < -0.39 is 5.92 Å². The molecule has 1 heterocycles. The lowest BCUT2D eigenvalue weighted by atomic mass is 9.90. The number of hydrogen-bond acceptors (Lipinski definition) is 2. The van der Waals surface area contributed by atoms with Crippen LogP contribution >= 0.6 is 11.6 Å². The lowest BCUT2D eigenvalue weighted by Crippen LogP contribution is -2.24. The molecular formula is C24H21ClN2O2. The number of nitrogens with one attached hydrogen (secondary N) is 1. The molecule has 0 aromatic heterocycles. The van der Waals surface area contributed by atoms with Gasteiger partial charge in [-0.2, -0.15) is 0 Å². The van der Waals surface area contributed by atoms with Gasteiger partial charge in [0.05, 0.1) is 16.6 Å². The van der Waals surface area contributed by atoms with Crippen LogP contribution in [0, 0.1) is 0 Å². The zero-order chi connectivity index (χ0) is 20.2. The Balaban J connectivity index is 1.59. The summed E-state index contributed by atoms with van der Waals surface area (Å²) in [6, 6.07) is 24.7. The molecule has 3 aromatic carbocycles. The van der Waals surface area contributed by atoms with Crippen molar-refractivity contribution in [1.29, 1.82) is 0 Å². The number of carbonyl (C=O) groups is 2. The van der Waals surface area contributed by atoms with Gasteiger partial charge >= 0.3 is 0 Å². The van der Waals surface area contributed by atoms with Gasteiger partial charge in [0, 0.05) is 18.7 Å². The average Bonchev–Trinajstić information content (AvgIpc) is 3.15. The second-order valence-corrected chi connectivity index (χ2v) is 7.47. The highest BCUT2D eigenvalue weighted by molar-refractivity contribution is 6.34. The van der Waals surface area contributed by atoms with E-state index >= 15 is 0 Å². The maximum atomic E-state index is 13.2. The highest BCUT2D eigenvalue weighted by atomic mass is 35.5. The third-order valence-corrected chi connectivity index (χ3v) is 5.41. The molecule has 1 fully saturated rings. The molecule has 0 saturated carbocycles. The first-order chi connectivity index (χ1) is 14.1. The molecule has 0 spiro atoms. The van der Waals surface area contributed by atoms with Crippen molar-refractivity contribution >= 4 is 34.8 Å². The Bertz CT molecular complexity index is 982. The van der Waals surface area contributed by atoms with Crippen LogP contribution in [0.5, 0.6) is 0 Å². The van der Waals surface area contributed by atoms with Crippen LogP contribution in [-0.4, -0.2) is 18.4 Å². The number of benzene rings is 3. The van der Waals surface area contributed by atoms with E-state index in [1.54, 1.807) is 23.1 Å². The van der Waals surface area contributed by atoms with Crippen LogP contribution < -0.4 is 10.2 Å². The third-order valence-electron chi connectivity index (χ3n) is 5.11. The molecule has 3 aromatic rings. The fraction of sp³-hybridized carbons (Fsp3) is 0.167. The molecule has 1 N–H and O–H groups in total. The van der Waals surface area contributed by atoms with Crippen molar-refractivity contribution < 1.29 is 9.59 Å². The first kappa shape index (κ1) is 19.2. The maximum Gasteiger partial charge on any atom is 0.236 e. The van der Waals surface area contributed by atoms with Crippen LogP contribution in [0.25, 0.3) is 0 Å². The monoisotopic (exact) mass is 404 g/mol. The van der Waals surface area contributed by atoms with Gasteiger partial charge in [0.15, 0.2) is 0 Å². The van der Waals surface area contributed by atoms with E-state index in [2.05, 4.69) is 5.32 Å². The number of amides is 2. The molecule has 4 rings (SSSR count). The molecule has 0 atom stereocenters. The van der Waals surface area contributed by atoms with Crippen molar-refractivity contribution in [3.05, 3.63) is 95.0 Å². The van der Waals surface area contributed by atoms with Gasteiger partial charge in [0.2, 0.25) is 11.8 Å². The van der Waals surface area contributed by atoms with Crippen LogP contribution in [0.1, 0.15) is 29.9 Å². The number of nitrogens with zero attached hydrogens (tertiary/aromatic N) is 1. The van der Waals surface area contributed by atoms with Crippen LogP contribution in [0.3, 0.4) is 0 Å². The molecule has 0 aliphatic carbocycles. The summed E-state index contributed by atoms with van der Waals surface area (Å²) >= 11 is 6.43. The molecule has 0 bridgehead atoms. The van der Waals surface area contributed by atoms with Gasteiger partial charge in [0.25, 0.3) is 0 Å². The molecule has 2 amide bonds. The lowest BCUT2D eigenvalue weighted by molar-refractivity contribution is -0.117. The van der Waals surface area contributed by atoms with E-state index in [0.717, 1.165) is 17.5 Å². The van der Waals surface area contributed by atoms with Crippen molar-refractivity contribution in [2.75, 3.05) is 16.8 Å². The first-order valence-corrected chi connectivity index (χ1v) is 10.0. The number of hydrogen-bond donors (Lipinski definition) is 1. The minimum atomic E-state index is -0.434. The summed E-state index contributed by atoms with van der Waals surface area (Å²) in [6.45, 7) is 0.675. The molecule has 4 nitrogen and oxygen atoms in total. The van der Waals surface area contributed by atoms with Gasteiger partial charge in [-0.15, -0.1) is 0 Å². The van der Waals surface area contributed by atoms with Crippen LogP contribution in [0.2, 0.25) is 5.02 Å². The minimum absolute atomic E-state index is 0.0805. The highest BCUT2D eigenvalue weighted by Crippen LogP contribution is 2.33. The normalized spacial score (nSPS) is 13.7. The van der Waals surface area contributed by atoms with Crippen molar-refractivity contribution in [2.45, 2.75) is 18.8 Å². The number of rotatable bonds is 5. The van der Waals surface area contributed by atoms with E-state index in [-0.39, 0.29) is 11.8 Å². The Hall–Kier alpha value is -3.11. The number of carbonyl (C=O) groups excluding carboxylic acids is 2. The predicted molar refractivity (Wildman–Crippen MR) is 116 cm³/mol. The van der Waals surface area contributed by atoms with E-state index in [0.29, 0.717) is 29.4 Å². The van der Waals surface area contributed by atoms with Gasteiger partial charge in [-0.3, -0.25) is 9.59 Å². The smallest absolute Gasteiger partial charge is 0.236 e. The summed E-state index contributed by atoms with van der Waals surface area (Å²) in [7, 11) is 0. The summed E-state index contributed by atoms with van der Waals surface area (Å²) in [6.07, 6.45) is 1.38. The van der Waals surface area contributed by atoms with E-state index in [9.17, 15) is 9.59 Å². The number of halogens is 1. The standard InChI is InChI=1S/C24H21ClN2O2/c25-20-16-19(13-14-21(20)27-15-7-12-22(27)28)26-24(29)23(17-8-3-1-4-9-17)18-10-5-2-6-11-18/h1-6,8-11,13-14,16,23H,7,12,15H2,(H,26,29). The predicted octanol–water partition coefficient (Wildman–Crippen LogP) is 5.24. The zero-order valence-corrected chi connectivity index (χ0v) is 16.6. The Morgan fingerprint density at radius 2 is 1.55 bits per heavy atom. The quantitative estimate of drug-likeness (QED) is 0.632. The Labute approximate surface area is 175 Å². The molecule has 1 aliphatic heterocycles. The first-order valence-electron chi connectivity index (χ1n) is 9.64. The van der Waals surface area contributed by atoms with Gasteiger partial charge < -0.3 is 10.2 Å². The van der Waals surface area contributed by atoms with Crippen molar-refractivity contribution in [3.63, 3.8) is 0 Å². The summed E-state index contributed by atoms with van der Waals surface area (Å²) < 4.78 is 0. The van der Waals surface area contributed by atoms with E-state index in [1.807, 2.05) is 60.7 Å². The zero-order valence-electron chi connectivity index (χ0n) is 15.8. The fourth-order valence-corrected chi connectivity index (χ4v) is 3.99. The van der Waals surface area contributed by atoms with Gasteiger partial charge in [0.1, 0.15) is 0 Å². The van der Waals surface area contributed by atoms with Crippen LogP contribution in [0.4, 0.5) is 11.4 Å². The maximum absolute atomic E-state index is 13.2. The fourth-order valence-electron chi connectivity index (χ4n) is 3.71. The SMILES string of the molecule is O=C(Nc1ccc(N2CCCC2=O)c(Cl)c1)C(c1ccccc1)c1ccccc1. The van der Waals surface area contributed by atoms with Gasteiger partial charge in [-0.1, -0.05) is 72.3 Å². The van der Waals surface area contributed by atoms with Crippen molar-refractivity contribution in [2.24, 2.45) is 0 Å². The summed E-state index contributed by atoms with van der Waals surface area (Å²) in [5.74, 6) is -0.489. The largest absolute Gasteiger partial charge is 0.325 e. The molecule has 1 saturated heterocycles. The van der Waals surface area contributed by atoms with E-state index in [1.165, 1.54) is 0 Å². The van der Waals surface area contributed by atoms with Crippen molar-refractivity contribution in [1.82, 2.24) is 0 Å². The van der Waals surface area contributed by atoms with Crippen molar-refractivity contribution in [3.8, 4) is 0 Å². The molecule has 5 heteroatoms. The Kier molecular flexibility index (Phi) is 5.63.